The van der Waals surface area contributed by atoms with Crippen molar-refractivity contribution in [3.63, 3.8) is 0 Å². The smallest absolute Gasteiger partial charge is 0.399 e. The lowest BCUT2D eigenvalue weighted by Crippen LogP contribution is -2.04. The fourth-order valence-electron chi connectivity index (χ4n) is 1.29. The van der Waals surface area contributed by atoms with E-state index in [-0.39, 0.29) is 5.82 Å². The zero-order chi connectivity index (χ0) is 13.9. The standard InChI is InChI=1S/C11H8F3N3O2/c1-18-15-6-7-2-4-8(5-3-7)9-16-10(19-17-9)11(12,13)14/h2-6H,1H3/b15-6-. The van der Waals surface area contributed by atoms with Gasteiger partial charge in [-0.05, 0) is 5.56 Å². The summed E-state index contributed by atoms with van der Waals surface area (Å²) in [4.78, 5) is 7.79. The van der Waals surface area contributed by atoms with Gasteiger partial charge in [0.25, 0.3) is 0 Å². The highest BCUT2D eigenvalue weighted by Gasteiger charge is 2.38. The van der Waals surface area contributed by atoms with Crippen LogP contribution in [0.15, 0.2) is 33.9 Å². The van der Waals surface area contributed by atoms with Crippen LogP contribution in [0.5, 0.6) is 0 Å². The molecular formula is C11H8F3N3O2. The van der Waals surface area contributed by atoms with Crippen molar-refractivity contribution in [1.29, 1.82) is 0 Å². The molecule has 1 aromatic heterocycles. The third kappa shape index (κ3) is 3.09. The number of halogens is 3. The monoisotopic (exact) mass is 271 g/mol. The van der Waals surface area contributed by atoms with Gasteiger partial charge in [0, 0.05) is 5.56 Å². The summed E-state index contributed by atoms with van der Waals surface area (Å²) in [7, 11) is 1.41. The molecule has 100 valence electrons. The average Bonchev–Trinajstić information content (AvgIpc) is 2.86. The van der Waals surface area contributed by atoms with Gasteiger partial charge in [0.15, 0.2) is 0 Å². The van der Waals surface area contributed by atoms with Crippen LogP contribution in [0, 0.1) is 0 Å². The molecule has 0 fully saturated rings. The highest BCUT2D eigenvalue weighted by atomic mass is 19.4. The highest BCUT2D eigenvalue weighted by molar-refractivity contribution is 5.80. The molecule has 2 rings (SSSR count). The van der Waals surface area contributed by atoms with Crippen molar-refractivity contribution < 1.29 is 22.5 Å². The molecule has 0 amide bonds. The van der Waals surface area contributed by atoms with Crippen molar-refractivity contribution in [2.75, 3.05) is 7.11 Å². The minimum absolute atomic E-state index is 0.123. The Hall–Kier alpha value is -2.38. The van der Waals surface area contributed by atoms with E-state index < -0.39 is 12.1 Å². The Balaban J connectivity index is 2.23. The minimum atomic E-state index is -4.64. The van der Waals surface area contributed by atoms with Gasteiger partial charge in [-0.15, -0.1) is 0 Å². The SMILES string of the molecule is CO/N=C\c1ccc(-c2noc(C(F)(F)F)n2)cc1. The fourth-order valence-corrected chi connectivity index (χ4v) is 1.29. The molecule has 0 aliphatic rings. The molecule has 8 heteroatoms. The van der Waals surface area contributed by atoms with Crippen LogP contribution in [0.25, 0.3) is 11.4 Å². The third-order valence-electron chi connectivity index (χ3n) is 2.14. The molecule has 5 nitrogen and oxygen atoms in total. The van der Waals surface area contributed by atoms with E-state index in [1.54, 1.807) is 24.3 Å². The Morgan fingerprint density at radius 1 is 1.26 bits per heavy atom. The van der Waals surface area contributed by atoms with Crippen LogP contribution >= 0.6 is 0 Å². The zero-order valence-electron chi connectivity index (χ0n) is 9.68. The van der Waals surface area contributed by atoms with Crippen LogP contribution in [-0.2, 0) is 11.0 Å². The van der Waals surface area contributed by atoms with Gasteiger partial charge >= 0.3 is 12.1 Å². The Morgan fingerprint density at radius 2 is 1.95 bits per heavy atom. The molecule has 2 aromatic rings. The van der Waals surface area contributed by atoms with Gasteiger partial charge in [0.1, 0.15) is 7.11 Å². The lowest BCUT2D eigenvalue weighted by atomic mass is 10.1. The predicted molar refractivity (Wildman–Crippen MR) is 59.3 cm³/mol. The summed E-state index contributed by atoms with van der Waals surface area (Å²) in [5.74, 6) is -1.49. The van der Waals surface area contributed by atoms with E-state index in [1.165, 1.54) is 13.3 Å². The van der Waals surface area contributed by atoms with E-state index in [9.17, 15) is 13.2 Å². The number of rotatable bonds is 3. The number of nitrogens with zero attached hydrogens (tertiary/aromatic N) is 3. The largest absolute Gasteiger partial charge is 0.471 e. The predicted octanol–water partition coefficient (Wildman–Crippen LogP) is 2.74. The van der Waals surface area contributed by atoms with Crippen LogP contribution in [0.4, 0.5) is 13.2 Å². The van der Waals surface area contributed by atoms with Crippen molar-refractivity contribution in [2.45, 2.75) is 6.18 Å². The van der Waals surface area contributed by atoms with Crippen molar-refractivity contribution in [1.82, 2.24) is 10.1 Å². The second-order valence-corrected chi connectivity index (χ2v) is 3.46. The Bertz CT molecular complexity index is 576. The molecule has 0 N–H and O–H groups in total. The van der Waals surface area contributed by atoms with Gasteiger partial charge in [0.2, 0.25) is 5.82 Å². The Morgan fingerprint density at radius 3 is 2.47 bits per heavy atom. The van der Waals surface area contributed by atoms with Crippen molar-refractivity contribution in [2.24, 2.45) is 5.16 Å². The number of hydrogen-bond donors (Lipinski definition) is 0. The Kier molecular flexibility index (Phi) is 3.50. The average molecular weight is 271 g/mol. The molecule has 0 bridgehead atoms. The fraction of sp³-hybridized carbons (Fsp3) is 0.182. The van der Waals surface area contributed by atoms with Crippen LogP contribution in [0.1, 0.15) is 11.5 Å². The molecule has 1 heterocycles. The molecule has 19 heavy (non-hydrogen) atoms. The normalized spacial score (nSPS) is 12.0. The number of hydrogen-bond acceptors (Lipinski definition) is 5. The summed E-state index contributed by atoms with van der Waals surface area (Å²) >= 11 is 0. The molecular weight excluding hydrogens is 263 g/mol. The van der Waals surface area contributed by atoms with Crippen LogP contribution < -0.4 is 0 Å². The summed E-state index contributed by atoms with van der Waals surface area (Å²) in [5, 5.41) is 6.84. The lowest BCUT2D eigenvalue weighted by molar-refractivity contribution is -0.159. The molecule has 0 aliphatic carbocycles. The zero-order valence-corrected chi connectivity index (χ0v) is 9.68. The van der Waals surface area contributed by atoms with Gasteiger partial charge in [-0.25, -0.2) is 0 Å². The number of alkyl halides is 3. The van der Waals surface area contributed by atoms with Gasteiger partial charge < -0.3 is 9.36 Å². The first kappa shape index (κ1) is 13.1. The number of benzene rings is 1. The molecule has 0 unspecified atom stereocenters. The highest BCUT2D eigenvalue weighted by Crippen LogP contribution is 2.29. The molecule has 0 spiro atoms. The molecule has 0 aliphatic heterocycles. The summed E-state index contributed by atoms with van der Waals surface area (Å²) in [6.45, 7) is 0. The van der Waals surface area contributed by atoms with Crippen LogP contribution in [-0.4, -0.2) is 23.5 Å². The van der Waals surface area contributed by atoms with E-state index in [4.69, 9.17) is 0 Å². The topological polar surface area (TPSA) is 60.5 Å². The van der Waals surface area contributed by atoms with Gasteiger partial charge in [-0.1, -0.05) is 34.6 Å². The molecule has 0 radical (unpaired) electrons. The van der Waals surface area contributed by atoms with Gasteiger partial charge in [-0.3, -0.25) is 0 Å². The second-order valence-electron chi connectivity index (χ2n) is 3.46. The lowest BCUT2D eigenvalue weighted by Gasteiger charge is -1.97. The number of aromatic nitrogens is 2. The first-order valence-corrected chi connectivity index (χ1v) is 5.08. The summed E-state index contributed by atoms with van der Waals surface area (Å²) in [6.07, 6.45) is -3.18. The maximum Gasteiger partial charge on any atom is 0.471 e. The van der Waals surface area contributed by atoms with Crippen LogP contribution in [0.3, 0.4) is 0 Å². The van der Waals surface area contributed by atoms with E-state index in [2.05, 4.69) is 24.7 Å². The first-order valence-electron chi connectivity index (χ1n) is 5.08. The van der Waals surface area contributed by atoms with E-state index in [1.807, 2.05) is 0 Å². The Labute approximate surface area is 105 Å². The maximum absolute atomic E-state index is 12.3. The quantitative estimate of drug-likeness (QED) is 0.636. The summed E-state index contributed by atoms with van der Waals surface area (Å²) in [6, 6.07) is 6.40. The van der Waals surface area contributed by atoms with E-state index >= 15 is 0 Å². The maximum atomic E-state index is 12.3. The van der Waals surface area contributed by atoms with E-state index in [0.29, 0.717) is 5.56 Å². The van der Waals surface area contributed by atoms with Gasteiger partial charge in [0.05, 0.1) is 6.21 Å². The molecule has 0 saturated carbocycles. The third-order valence-corrected chi connectivity index (χ3v) is 2.14. The van der Waals surface area contributed by atoms with Gasteiger partial charge in [-0.2, -0.15) is 18.2 Å². The molecule has 1 aromatic carbocycles. The van der Waals surface area contributed by atoms with Crippen molar-refractivity contribution in [3.8, 4) is 11.4 Å². The molecule has 0 saturated heterocycles. The van der Waals surface area contributed by atoms with E-state index in [0.717, 1.165) is 5.56 Å². The van der Waals surface area contributed by atoms with Crippen LogP contribution in [0.2, 0.25) is 0 Å². The van der Waals surface area contributed by atoms with Crippen molar-refractivity contribution >= 4 is 6.21 Å². The second kappa shape index (κ2) is 5.09. The summed E-state index contributed by atoms with van der Waals surface area (Å²) in [5.41, 5.74) is 1.14. The summed E-state index contributed by atoms with van der Waals surface area (Å²) < 4.78 is 41.0. The minimum Gasteiger partial charge on any atom is -0.399 e. The first-order chi connectivity index (χ1) is 9.00. The van der Waals surface area contributed by atoms with Crippen molar-refractivity contribution in [3.05, 3.63) is 35.7 Å². The molecule has 0 atom stereocenters. The number of oxime groups is 1.